The van der Waals surface area contributed by atoms with Gasteiger partial charge in [-0.2, -0.15) is 0 Å². The van der Waals surface area contributed by atoms with Gasteiger partial charge in [-0.05, 0) is 24.3 Å². The van der Waals surface area contributed by atoms with E-state index in [0.717, 1.165) is 0 Å². The summed E-state index contributed by atoms with van der Waals surface area (Å²) in [6, 6.07) is 16.1. The van der Waals surface area contributed by atoms with E-state index in [1.165, 1.54) is 0 Å². The third-order valence-electron chi connectivity index (χ3n) is 3.12. The van der Waals surface area contributed by atoms with Crippen molar-refractivity contribution in [1.29, 1.82) is 0 Å². The highest BCUT2D eigenvalue weighted by Crippen LogP contribution is 2.18. The molecule has 1 amide bonds. The van der Waals surface area contributed by atoms with E-state index in [9.17, 15) is 9.59 Å². The van der Waals surface area contributed by atoms with Gasteiger partial charge in [-0.1, -0.05) is 51.1 Å². The Morgan fingerprint density at radius 1 is 0.810 bits per heavy atom. The quantitative estimate of drug-likeness (QED) is 0.867. The van der Waals surface area contributed by atoms with Crippen molar-refractivity contribution in [2.24, 2.45) is 5.41 Å². The van der Waals surface area contributed by atoms with E-state index in [-0.39, 0.29) is 11.7 Å². The molecule has 0 radical (unpaired) electrons. The maximum absolute atomic E-state index is 12.3. The molecule has 0 saturated heterocycles. The zero-order chi connectivity index (χ0) is 15.5. The molecular formula is C18H19NO2. The highest BCUT2D eigenvalue weighted by molar-refractivity contribution is 6.09. The number of anilines is 1. The number of nitrogens with one attached hydrogen (secondary N) is 1. The third kappa shape index (κ3) is 3.78. The molecule has 0 aliphatic rings. The summed E-state index contributed by atoms with van der Waals surface area (Å²) in [5.41, 5.74) is 1.51. The molecule has 2 rings (SSSR count). The number of amides is 1. The summed E-state index contributed by atoms with van der Waals surface area (Å²) in [7, 11) is 0. The summed E-state index contributed by atoms with van der Waals surface area (Å²) < 4.78 is 0. The number of hydrogen-bond donors (Lipinski definition) is 1. The maximum atomic E-state index is 12.3. The fraction of sp³-hybridized carbons (Fsp3) is 0.222. The van der Waals surface area contributed by atoms with Crippen LogP contribution in [0.1, 0.15) is 36.7 Å². The molecule has 0 aliphatic carbocycles. The lowest BCUT2D eigenvalue weighted by Crippen LogP contribution is -2.27. The minimum atomic E-state index is -0.446. The first-order valence-corrected chi connectivity index (χ1v) is 6.89. The summed E-state index contributed by atoms with van der Waals surface area (Å²) >= 11 is 0. The van der Waals surface area contributed by atoms with Crippen molar-refractivity contribution in [3.8, 4) is 0 Å². The van der Waals surface area contributed by atoms with Crippen LogP contribution < -0.4 is 5.32 Å². The van der Waals surface area contributed by atoms with Gasteiger partial charge >= 0.3 is 0 Å². The Hall–Kier alpha value is -2.42. The highest BCUT2D eigenvalue weighted by atomic mass is 16.2. The van der Waals surface area contributed by atoms with Crippen LogP contribution >= 0.6 is 0 Å². The van der Waals surface area contributed by atoms with Crippen molar-refractivity contribution in [3.05, 3.63) is 65.7 Å². The fourth-order valence-corrected chi connectivity index (χ4v) is 1.78. The number of carbonyl (C=O) groups is 2. The summed E-state index contributed by atoms with van der Waals surface area (Å²) in [5.74, 6) is -0.0751. The average molecular weight is 281 g/mol. The SMILES string of the molecule is CC(C)(C)C(=O)Nc1ccc(C(=O)c2ccccc2)cc1. The Morgan fingerprint density at radius 2 is 1.33 bits per heavy atom. The van der Waals surface area contributed by atoms with E-state index < -0.39 is 5.41 Å². The third-order valence-corrected chi connectivity index (χ3v) is 3.12. The van der Waals surface area contributed by atoms with Crippen molar-refractivity contribution < 1.29 is 9.59 Å². The monoisotopic (exact) mass is 281 g/mol. The van der Waals surface area contributed by atoms with Gasteiger partial charge in [0, 0.05) is 22.2 Å². The van der Waals surface area contributed by atoms with Crippen LogP contribution in [-0.2, 0) is 4.79 Å². The molecule has 21 heavy (non-hydrogen) atoms. The van der Waals surface area contributed by atoms with E-state index in [2.05, 4.69) is 5.32 Å². The van der Waals surface area contributed by atoms with Gasteiger partial charge in [0.25, 0.3) is 0 Å². The Morgan fingerprint density at radius 3 is 1.86 bits per heavy atom. The van der Waals surface area contributed by atoms with Crippen molar-refractivity contribution in [3.63, 3.8) is 0 Å². The van der Waals surface area contributed by atoms with Crippen molar-refractivity contribution in [2.75, 3.05) is 5.32 Å². The highest BCUT2D eigenvalue weighted by Gasteiger charge is 2.21. The number of rotatable bonds is 3. The smallest absolute Gasteiger partial charge is 0.229 e. The zero-order valence-electron chi connectivity index (χ0n) is 12.5. The molecule has 0 spiro atoms. The second-order valence-corrected chi connectivity index (χ2v) is 5.98. The molecule has 108 valence electrons. The molecule has 0 heterocycles. The number of hydrogen-bond acceptors (Lipinski definition) is 2. The normalized spacial score (nSPS) is 11.0. The van der Waals surface area contributed by atoms with Gasteiger partial charge in [-0.25, -0.2) is 0 Å². The molecule has 0 aliphatic heterocycles. The van der Waals surface area contributed by atoms with Gasteiger partial charge in [0.2, 0.25) is 5.91 Å². The van der Waals surface area contributed by atoms with Crippen LogP contribution in [0.15, 0.2) is 54.6 Å². The summed E-state index contributed by atoms with van der Waals surface area (Å²) in [5, 5.41) is 2.84. The molecule has 2 aromatic rings. The van der Waals surface area contributed by atoms with Gasteiger partial charge in [0.1, 0.15) is 0 Å². The van der Waals surface area contributed by atoms with Crippen molar-refractivity contribution >= 4 is 17.4 Å². The maximum Gasteiger partial charge on any atom is 0.229 e. The first-order chi connectivity index (χ1) is 9.88. The largest absolute Gasteiger partial charge is 0.326 e. The van der Waals surface area contributed by atoms with Crippen LogP contribution in [0.4, 0.5) is 5.69 Å². The van der Waals surface area contributed by atoms with Gasteiger partial charge in [0.05, 0.1) is 0 Å². The number of benzene rings is 2. The molecule has 0 fully saturated rings. The molecular weight excluding hydrogens is 262 g/mol. The van der Waals surface area contributed by atoms with Crippen LogP contribution in [0.5, 0.6) is 0 Å². The van der Waals surface area contributed by atoms with Crippen LogP contribution in [-0.4, -0.2) is 11.7 Å². The Kier molecular flexibility index (Phi) is 4.22. The standard InChI is InChI=1S/C18H19NO2/c1-18(2,3)17(21)19-15-11-9-14(10-12-15)16(20)13-7-5-4-6-8-13/h4-12H,1-3H3,(H,19,21). The van der Waals surface area contributed by atoms with Gasteiger partial charge in [-0.3, -0.25) is 9.59 Å². The van der Waals surface area contributed by atoms with Crippen LogP contribution in [0.2, 0.25) is 0 Å². The first kappa shape index (κ1) is 15.0. The molecule has 0 aromatic heterocycles. The van der Waals surface area contributed by atoms with Crippen molar-refractivity contribution in [2.45, 2.75) is 20.8 Å². The predicted molar refractivity (Wildman–Crippen MR) is 84.4 cm³/mol. The second-order valence-electron chi connectivity index (χ2n) is 5.98. The molecule has 3 heteroatoms. The Labute approximate surface area is 125 Å². The Balaban J connectivity index is 2.13. The molecule has 0 atom stereocenters. The molecule has 0 unspecified atom stereocenters. The topological polar surface area (TPSA) is 46.2 Å². The molecule has 1 N–H and O–H groups in total. The lowest BCUT2D eigenvalue weighted by molar-refractivity contribution is -0.123. The van der Waals surface area contributed by atoms with Crippen LogP contribution in [0.25, 0.3) is 0 Å². The minimum Gasteiger partial charge on any atom is -0.326 e. The minimum absolute atomic E-state index is 0.0238. The molecule has 2 aromatic carbocycles. The number of ketones is 1. The van der Waals surface area contributed by atoms with Crippen LogP contribution in [0, 0.1) is 5.41 Å². The summed E-state index contributed by atoms with van der Waals surface area (Å²) in [6.07, 6.45) is 0. The Bertz CT molecular complexity index is 637. The second kappa shape index (κ2) is 5.92. The molecule has 0 bridgehead atoms. The van der Waals surface area contributed by atoms with Crippen molar-refractivity contribution in [1.82, 2.24) is 0 Å². The predicted octanol–water partition coefficient (Wildman–Crippen LogP) is 3.90. The molecule has 3 nitrogen and oxygen atoms in total. The van der Waals surface area contributed by atoms with E-state index in [1.54, 1.807) is 36.4 Å². The molecule has 0 saturated carbocycles. The van der Waals surface area contributed by atoms with Crippen LogP contribution in [0.3, 0.4) is 0 Å². The number of carbonyl (C=O) groups excluding carboxylic acids is 2. The van der Waals surface area contributed by atoms with Gasteiger partial charge in [-0.15, -0.1) is 0 Å². The van der Waals surface area contributed by atoms with Gasteiger partial charge in [0.15, 0.2) is 5.78 Å². The lowest BCUT2D eigenvalue weighted by atomic mass is 9.95. The fourth-order valence-electron chi connectivity index (χ4n) is 1.78. The zero-order valence-corrected chi connectivity index (χ0v) is 12.5. The van der Waals surface area contributed by atoms with Gasteiger partial charge < -0.3 is 5.32 Å². The summed E-state index contributed by atoms with van der Waals surface area (Å²) in [4.78, 5) is 24.1. The van der Waals surface area contributed by atoms with E-state index in [1.807, 2.05) is 39.0 Å². The van der Waals surface area contributed by atoms with E-state index in [4.69, 9.17) is 0 Å². The average Bonchev–Trinajstić information content (AvgIpc) is 2.47. The lowest BCUT2D eigenvalue weighted by Gasteiger charge is -2.17. The summed E-state index contributed by atoms with van der Waals surface area (Å²) in [6.45, 7) is 5.57. The first-order valence-electron chi connectivity index (χ1n) is 6.89. The van der Waals surface area contributed by atoms with E-state index in [0.29, 0.717) is 16.8 Å². The van der Waals surface area contributed by atoms with E-state index >= 15 is 0 Å².